The second-order valence-corrected chi connectivity index (χ2v) is 11.8. The largest absolute Gasteiger partial charge is 0.490 e. The summed E-state index contributed by atoms with van der Waals surface area (Å²) in [6, 6.07) is 7.41. The lowest BCUT2D eigenvalue weighted by molar-refractivity contribution is -0.131. The molecule has 4 atom stereocenters. The molecule has 232 valence electrons. The summed E-state index contributed by atoms with van der Waals surface area (Å²) in [4.78, 5) is 22.6. The number of amides is 1. The maximum Gasteiger partial charge on any atom is 0.229 e. The molecule has 6 rings (SSSR count). The Bertz CT molecular complexity index is 1620. The molecule has 12 heteroatoms. The van der Waals surface area contributed by atoms with Gasteiger partial charge in [-0.1, -0.05) is 6.92 Å². The minimum Gasteiger partial charge on any atom is -0.490 e. The van der Waals surface area contributed by atoms with Crippen molar-refractivity contribution in [2.24, 2.45) is 11.7 Å². The molecular weight excluding hydrogens is 568 g/mol. The number of nitrogens with one attached hydrogen (secondary N) is 1. The first kappa shape index (κ1) is 29.9. The highest BCUT2D eigenvalue weighted by Gasteiger charge is 2.38. The third-order valence-electron chi connectivity index (χ3n) is 8.85. The quantitative estimate of drug-likeness (QED) is 0.300. The van der Waals surface area contributed by atoms with Crippen LogP contribution in [0.4, 0.5) is 20.4 Å². The SMILES string of the molecule is CC(=O)N(C)C1C(C)CC(c2ccncc2Nc2ncc3ccc(-c4c(F)cc(OC5CCOCC5)cc4F)nn23)CC1N. The topological polar surface area (TPSA) is 120 Å². The van der Waals surface area contributed by atoms with Gasteiger partial charge in [0.2, 0.25) is 11.9 Å². The van der Waals surface area contributed by atoms with E-state index in [-0.39, 0.29) is 52.9 Å². The molecule has 0 bridgehead atoms. The molecule has 0 spiro atoms. The first-order valence-corrected chi connectivity index (χ1v) is 15.0. The van der Waals surface area contributed by atoms with E-state index in [9.17, 15) is 4.79 Å². The van der Waals surface area contributed by atoms with E-state index in [0.29, 0.717) is 43.9 Å². The third kappa shape index (κ3) is 5.96. The van der Waals surface area contributed by atoms with E-state index in [1.807, 2.05) is 6.07 Å². The van der Waals surface area contributed by atoms with Crippen molar-refractivity contribution in [2.45, 2.75) is 63.6 Å². The van der Waals surface area contributed by atoms with E-state index in [2.05, 4.69) is 27.3 Å². The van der Waals surface area contributed by atoms with E-state index < -0.39 is 11.6 Å². The molecule has 1 aliphatic carbocycles. The fourth-order valence-corrected chi connectivity index (χ4v) is 6.64. The number of anilines is 2. The Labute approximate surface area is 254 Å². The summed E-state index contributed by atoms with van der Waals surface area (Å²) in [5.74, 6) is -0.700. The number of hydrogen-bond acceptors (Lipinski definition) is 8. The van der Waals surface area contributed by atoms with Crippen LogP contribution in [-0.4, -0.2) is 68.8 Å². The highest BCUT2D eigenvalue weighted by molar-refractivity contribution is 5.73. The van der Waals surface area contributed by atoms with E-state index in [1.54, 1.807) is 49.6 Å². The summed E-state index contributed by atoms with van der Waals surface area (Å²) >= 11 is 0. The first-order chi connectivity index (χ1) is 21.2. The summed E-state index contributed by atoms with van der Waals surface area (Å²) in [6.45, 7) is 4.81. The molecule has 4 heterocycles. The van der Waals surface area contributed by atoms with Gasteiger partial charge < -0.3 is 25.4 Å². The monoisotopic (exact) mass is 605 g/mol. The fraction of sp³-hybridized carbons (Fsp3) is 0.438. The Morgan fingerprint density at radius 1 is 1.14 bits per heavy atom. The second kappa shape index (κ2) is 12.4. The number of rotatable bonds is 7. The standard InChI is InChI=1S/C32H37F2N7O3/c1-18-12-20(13-27(35)31(18)40(3)19(2)42)24-6-9-36-17-29(24)38-32-37-16-21-4-5-28(39-41(21)32)30-25(33)14-23(15-26(30)34)44-22-7-10-43-11-8-22/h4-6,9,14-18,20,22,27,31H,7-8,10-13,35H2,1-3H3,(H,37,38). The molecule has 1 saturated heterocycles. The van der Waals surface area contributed by atoms with Crippen molar-refractivity contribution in [3.63, 3.8) is 0 Å². The Morgan fingerprint density at radius 2 is 1.89 bits per heavy atom. The van der Waals surface area contributed by atoms with Crippen molar-refractivity contribution in [3.05, 3.63) is 66.1 Å². The Balaban J connectivity index is 1.26. The van der Waals surface area contributed by atoms with Gasteiger partial charge in [0.15, 0.2) is 0 Å². The number of nitrogens with zero attached hydrogens (tertiary/aromatic N) is 5. The molecule has 1 aromatic carbocycles. The number of imidazole rings is 1. The molecule has 4 unspecified atom stereocenters. The number of likely N-dealkylation sites (N-methyl/N-ethyl adjacent to an activating group) is 1. The smallest absolute Gasteiger partial charge is 0.229 e. The molecule has 1 amide bonds. The van der Waals surface area contributed by atoms with Crippen LogP contribution < -0.4 is 15.8 Å². The fourth-order valence-electron chi connectivity index (χ4n) is 6.64. The van der Waals surface area contributed by atoms with Gasteiger partial charge in [-0.3, -0.25) is 9.78 Å². The lowest BCUT2D eigenvalue weighted by atomic mass is 9.73. The van der Waals surface area contributed by atoms with Crippen LogP contribution in [0.15, 0.2) is 48.9 Å². The molecule has 3 aromatic heterocycles. The van der Waals surface area contributed by atoms with Gasteiger partial charge in [-0.25, -0.2) is 13.8 Å². The average molecular weight is 606 g/mol. The first-order valence-electron chi connectivity index (χ1n) is 15.0. The molecule has 1 saturated carbocycles. The normalized spacial score (nSPS) is 22.6. The molecule has 4 aromatic rings. The number of halogens is 2. The number of ether oxygens (including phenoxy) is 2. The highest BCUT2D eigenvalue weighted by atomic mass is 19.1. The van der Waals surface area contributed by atoms with Gasteiger partial charge >= 0.3 is 0 Å². The van der Waals surface area contributed by atoms with Gasteiger partial charge in [0.05, 0.1) is 48.1 Å². The molecule has 3 N–H and O–H groups in total. The van der Waals surface area contributed by atoms with Gasteiger partial charge in [0, 0.05) is 57.2 Å². The molecule has 44 heavy (non-hydrogen) atoms. The van der Waals surface area contributed by atoms with E-state index in [0.717, 1.165) is 17.7 Å². The second-order valence-electron chi connectivity index (χ2n) is 11.8. The predicted octanol–water partition coefficient (Wildman–Crippen LogP) is 5.06. The van der Waals surface area contributed by atoms with Gasteiger partial charge in [0.25, 0.3) is 0 Å². The zero-order valence-electron chi connectivity index (χ0n) is 25.0. The highest BCUT2D eigenvalue weighted by Crippen LogP contribution is 2.40. The number of aromatic nitrogens is 4. The summed E-state index contributed by atoms with van der Waals surface area (Å²) in [5.41, 5.74) is 8.89. The molecule has 0 radical (unpaired) electrons. The lowest BCUT2D eigenvalue weighted by Crippen LogP contribution is -2.54. The number of carbonyl (C=O) groups is 1. The van der Waals surface area contributed by atoms with Crippen LogP contribution in [0.3, 0.4) is 0 Å². The van der Waals surface area contributed by atoms with Gasteiger partial charge in [-0.05, 0) is 48.4 Å². The zero-order chi connectivity index (χ0) is 31.0. The van der Waals surface area contributed by atoms with Crippen LogP contribution in [0.1, 0.15) is 51.0 Å². The van der Waals surface area contributed by atoms with Crippen LogP contribution >= 0.6 is 0 Å². The Hall–Kier alpha value is -4.16. The lowest BCUT2D eigenvalue weighted by Gasteiger charge is -2.43. The van der Waals surface area contributed by atoms with Gasteiger partial charge in [0.1, 0.15) is 23.5 Å². The maximum atomic E-state index is 15.3. The predicted molar refractivity (Wildman–Crippen MR) is 162 cm³/mol. The molecule has 2 aliphatic rings. The summed E-state index contributed by atoms with van der Waals surface area (Å²) in [5, 5.41) is 7.90. The van der Waals surface area contributed by atoms with Crippen LogP contribution in [0.2, 0.25) is 0 Å². The number of carbonyl (C=O) groups excluding carboxylic acids is 1. The molecule has 1 aliphatic heterocycles. The van der Waals surface area contributed by atoms with Crippen molar-refractivity contribution in [1.82, 2.24) is 24.5 Å². The van der Waals surface area contributed by atoms with Gasteiger partial charge in [-0.2, -0.15) is 9.61 Å². The number of fused-ring (bicyclic) bond motifs is 1. The third-order valence-corrected chi connectivity index (χ3v) is 8.85. The number of hydrogen-bond donors (Lipinski definition) is 2. The van der Waals surface area contributed by atoms with Gasteiger partial charge in [-0.15, -0.1) is 0 Å². The average Bonchev–Trinajstić information content (AvgIpc) is 3.39. The minimum absolute atomic E-state index is 0.000839. The van der Waals surface area contributed by atoms with Crippen LogP contribution in [0.25, 0.3) is 16.8 Å². The maximum absolute atomic E-state index is 15.3. The Kier molecular flexibility index (Phi) is 8.46. The molecule has 10 nitrogen and oxygen atoms in total. The van der Waals surface area contributed by atoms with Crippen LogP contribution in [0, 0.1) is 17.6 Å². The summed E-state index contributed by atoms with van der Waals surface area (Å²) < 4.78 is 43.3. The summed E-state index contributed by atoms with van der Waals surface area (Å²) in [6.07, 6.45) is 7.83. The van der Waals surface area contributed by atoms with Crippen molar-refractivity contribution in [2.75, 3.05) is 25.6 Å². The Morgan fingerprint density at radius 3 is 2.59 bits per heavy atom. The molecule has 2 fully saturated rings. The van der Waals surface area contributed by atoms with Crippen molar-refractivity contribution < 1.29 is 23.0 Å². The van der Waals surface area contributed by atoms with E-state index in [4.69, 9.17) is 15.2 Å². The number of pyridine rings is 1. The van der Waals surface area contributed by atoms with Crippen LogP contribution in [0.5, 0.6) is 5.75 Å². The van der Waals surface area contributed by atoms with Crippen molar-refractivity contribution in [3.8, 4) is 17.0 Å². The zero-order valence-corrected chi connectivity index (χ0v) is 25.0. The van der Waals surface area contributed by atoms with Crippen LogP contribution in [-0.2, 0) is 9.53 Å². The number of nitrogens with two attached hydrogens (primary N) is 1. The number of benzene rings is 1. The minimum atomic E-state index is -0.764. The summed E-state index contributed by atoms with van der Waals surface area (Å²) in [7, 11) is 1.81. The van der Waals surface area contributed by atoms with Crippen molar-refractivity contribution >= 4 is 23.1 Å². The van der Waals surface area contributed by atoms with E-state index >= 15 is 8.78 Å². The molecular formula is C32H37F2N7O3. The van der Waals surface area contributed by atoms with Crippen molar-refractivity contribution in [1.29, 1.82) is 0 Å². The van der Waals surface area contributed by atoms with E-state index in [1.165, 1.54) is 16.6 Å².